The van der Waals surface area contributed by atoms with E-state index in [9.17, 15) is 14.4 Å². The summed E-state index contributed by atoms with van der Waals surface area (Å²) in [7, 11) is 0. The van der Waals surface area contributed by atoms with E-state index < -0.39 is 17.8 Å². The first-order valence-electron chi connectivity index (χ1n) is 9.49. The largest absolute Gasteiger partial charge is 0.464 e. The van der Waals surface area contributed by atoms with E-state index in [0.717, 1.165) is 12.8 Å². The van der Waals surface area contributed by atoms with Crippen molar-refractivity contribution in [3.63, 3.8) is 0 Å². The summed E-state index contributed by atoms with van der Waals surface area (Å²) in [6.07, 6.45) is 12.2. The van der Waals surface area contributed by atoms with Crippen molar-refractivity contribution in [3.8, 4) is 0 Å². The van der Waals surface area contributed by atoms with Gasteiger partial charge in [0, 0.05) is 0 Å². The van der Waals surface area contributed by atoms with Gasteiger partial charge in [0.1, 0.15) is 6.54 Å². The van der Waals surface area contributed by atoms with Gasteiger partial charge in [0.15, 0.2) is 0 Å². The summed E-state index contributed by atoms with van der Waals surface area (Å²) in [5.74, 6) is -1.33. The normalized spacial score (nSPS) is 10.3. The maximum atomic E-state index is 11.5. The topological polar surface area (TPSA) is 111 Å². The fourth-order valence-corrected chi connectivity index (χ4v) is 2.31. The molecule has 0 aromatic heterocycles. The third kappa shape index (κ3) is 17.0. The maximum absolute atomic E-state index is 11.5. The van der Waals surface area contributed by atoms with Crippen molar-refractivity contribution < 1.29 is 19.1 Å². The average molecular weight is 357 g/mol. The van der Waals surface area contributed by atoms with Crippen molar-refractivity contribution in [2.45, 2.75) is 71.1 Å². The lowest BCUT2D eigenvalue weighted by molar-refractivity contribution is -0.144. The molecule has 4 N–H and O–H groups in total. The number of nitrogens with two attached hydrogens (primary N) is 1. The molecule has 0 aliphatic rings. The number of carbonyl (C=O) groups excluding carboxylic acids is 3. The van der Waals surface area contributed by atoms with E-state index >= 15 is 0 Å². The highest BCUT2D eigenvalue weighted by Crippen LogP contribution is 2.10. The predicted molar refractivity (Wildman–Crippen MR) is 97.9 cm³/mol. The van der Waals surface area contributed by atoms with E-state index in [-0.39, 0.29) is 19.6 Å². The minimum Gasteiger partial charge on any atom is -0.464 e. The molecule has 0 aromatic rings. The Balaban J connectivity index is 3.35. The first-order chi connectivity index (χ1) is 12.1. The highest BCUT2D eigenvalue weighted by Gasteiger charge is 2.07. The van der Waals surface area contributed by atoms with Crippen LogP contribution in [0.1, 0.15) is 71.1 Å². The molecule has 0 radical (unpaired) electrons. The Morgan fingerprint density at radius 1 is 0.760 bits per heavy atom. The van der Waals surface area contributed by atoms with Gasteiger partial charge in [-0.15, -0.1) is 0 Å². The lowest BCUT2D eigenvalue weighted by atomic mass is 10.1. The second-order valence-corrected chi connectivity index (χ2v) is 6.16. The van der Waals surface area contributed by atoms with Gasteiger partial charge in [0.05, 0.1) is 19.7 Å². The summed E-state index contributed by atoms with van der Waals surface area (Å²) in [4.78, 5) is 33.7. The number of carbonyl (C=O) groups is 3. The summed E-state index contributed by atoms with van der Waals surface area (Å²) in [6, 6.07) is 0. The summed E-state index contributed by atoms with van der Waals surface area (Å²) in [5, 5.41) is 4.70. The van der Waals surface area contributed by atoms with Crippen LogP contribution in [-0.4, -0.2) is 44.0 Å². The Kier molecular flexibility index (Phi) is 16.1. The van der Waals surface area contributed by atoms with Crippen LogP contribution in [0.15, 0.2) is 0 Å². The minimum absolute atomic E-state index is 0.172. The van der Waals surface area contributed by atoms with Gasteiger partial charge in [-0.2, -0.15) is 0 Å². The number of ether oxygens (including phenoxy) is 1. The SMILES string of the molecule is CCCCCCCCCCCCOC(=O)CNC(=O)CNC(=O)CN. The summed E-state index contributed by atoms with van der Waals surface area (Å²) >= 11 is 0. The van der Waals surface area contributed by atoms with Crippen LogP contribution >= 0.6 is 0 Å². The minimum atomic E-state index is -0.463. The molecule has 0 heterocycles. The smallest absolute Gasteiger partial charge is 0.325 e. The quantitative estimate of drug-likeness (QED) is 0.287. The molecular weight excluding hydrogens is 322 g/mol. The molecule has 0 bridgehead atoms. The van der Waals surface area contributed by atoms with E-state index in [1.165, 1.54) is 51.4 Å². The molecule has 7 heteroatoms. The van der Waals surface area contributed by atoms with Crippen LogP contribution < -0.4 is 16.4 Å². The second-order valence-electron chi connectivity index (χ2n) is 6.16. The number of unbranched alkanes of at least 4 members (excludes halogenated alkanes) is 9. The van der Waals surface area contributed by atoms with Crippen LogP contribution in [0.4, 0.5) is 0 Å². The van der Waals surface area contributed by atoms with E-state index in [1.807, 2.05) is 0 Å². The first kappa shape index (κ1) is 23.4. The van der Waals surface area contributed by atoms with Crippen molar-refractivity contribution in [1.82, 2.24) is 10.6 Å². The van der Waals surface area contributed by atoms with Gasteiger partial charge in [-0.25, -0.2) is 0 Å². The third-order valence-electron chi connectivity index (χ3n) is 3.82. The van der Waals surface area contributed by atoms with E-state index in [0.29, 0.717) is 6.61 Å². The van der Waals surface area contributed by atoms with Gasteiger partial charge >= 0.3 is 5.97 Å². The molecule has 0 unspecified atom stereocenters. The van der Waals surface area contributed by atoms with Crippen molar-refractivity contribution >= 4 is 17.8 Å². The molecular formula is C18H35N3O4. The third-order valence-corrected chi connectivity index (χ3v) is 3.82. The molecule has 0 atom stereocenters. The number of hydrogen-bond acceptors (Lipinski definition) is 5. The molecule has 146 valence electrons. The average Bonchev–Trinajstić information content (AvgIpc) is 2.62. The number of nitrogens with one attached hydrogen (secondary N) is 2. The summed E-state index contributed by atoms with van der Waals surface area (Å²) in [6.45, 7) is 2.06. The molecule has 0 aliphatic heterocycles. The molecule has 25 heavy (non-hydrogen) atoms. The Bertz CT molecular complexity index is 375. The van der Waals surface area contributed by atoms with E-state index in [1.54, 1.807) is 0 Å². The molecule has 0 aliphatic carbocycles. The van der Waals surface area contributed by atoms with Crippen LogP contribution in [0.3, 0.4) is 0 Å². The molecule has 7 nitrogen and oxygen atoms in total. The monoisotopic (exact) mass is 357 g/mol. The highest BCUT2D eigenvalue weighted by atomic mass is 16.5. The molecule has 0 spiro atoms. The highest BCUT2D eigenvalue weighted by molar-refractivity contribution is 5.87. The lowest BCUT2D eigenvalue weighted by Crippen LogP contribution is -2.41. The maximum Gasteiger partial charge on any atom is 0.325 e. The van der Waals surface area contributed by atoms with E-state index in [4.69, 9.17) is 10.5 Å². The fourth-order valence-electron chi connectivity index (χ4n) is 2.31. The van der Waals surface area contributed by atoms with Crippen LogP contribution in [0.2, 0.25) is 0 Å². The van der Waals surface area contributed by atoms with Crippen LogP contribution in [0, 0.1) is 0 Å². The van der Waals surface area contributed by atoms with Gasteiger partial charge in [-0.3, -0.25) is 14.4 Å². The Morgan fingerprint density at radius 3 is 1.84 bits per heavy atom. The summed E-state index contributed by atoms with van der Waals surface area (Å²) < 4.78 is 5.05. The van der Waals surface area contributed by atoms with Crippen LogP contribution in [-0.2, 0) is 19.1 Å². The van der Waals surface area contributed by atoms with Gasteiger partial charge < -0.3 is 21.1 Å². The van der Waals surface area contributed by atoms with Gasteiger partial charge in [-0.05, 0) is 6.42 Å². The van der Waals surface area contributed by atoms with Gasteiger partial charge in [0.25, 0.3) is 0 Å². The van der Waals surface area contributed by atoms with Crippen molar-refractivity contribution in [1.29, 1.82) is 0 Å². The number of rotatable bonds is 16. The molecule has 0 saturated carbocycles. The van der Waals surface area contributed by atoms with Crippen LogP contribution in [0.25, 0.3) is 0 Å². The standard InChI is InChI=1S/C18H35N3O4/c1-2-3-4-5-6-7-8-9-10-11-12-25-18(24)15-21-17(23)14-20-16(22)13-19/h2-15,19H2,1H3,(H,20,22)(H,21,23). The van der Waals surface area contributed by atoms with Crippen molar-refractivity contribution in [2.75, 3.05) is 26.2 Å². The van der Waals surface area contributed by atoms with Crippen LogP contribution in [0.5, 0.6) is 0 Å². The Hall–Kier alpha value is -1.63. The number of hydrogen-bond donors (Lipinski definition) is 3. The molecule has 2 amide bonds. The Labute approximate surface area is 151 Å². The summed E-state index contributed by atoms with van der Waals surface area (Å²) in [5.41, 5.74) is 5.09. The zero-order chi connectivity index (χ0) is 18.8. The zero-order valence-electron chi connectivity index (χ0n) is 15.6. The van der Waals surface area contributed by atoms with Gasteiger partial charge in [0.2, 0.25) is 11.8 Å². The number of esters is 1. The molecule has 0 fully saturated rings. The molecule has 0 aromatic carbocycles. The molecule has 0 rings (SSSR count). The molecule has 0 saturated heterocycles. The van der Waals surface area contributed by atoms with Crippen molar-refractivity contribution in [2.24, 2.45) is 5.73 Å². The second kappa shape index (κ2) is 17.2. The Morgan fingerprint density at radius 2 is 1.28 bits per heavy atom. The van der Waals surface area contributed by atoms with Crippen molar-refractivity contribution in [3.05, 3.63) is 0 Å². The fraction of sp³-hybridized carbons (Fsp3) is 0.833. The van der Waals surface area contributed by atoms with Gasteiger partial charge in [-0.1, -0.05) is 64.7 Å². The lowest BCUT2D eigenvalue weighted by Gasteiger charge is -2.07. The van der Waals surface area contributed by atoms with E-state index in [2.05, 4.69) is 17.6 Å². The number of amides is 2. The first-order valence-corrected chi connectivity index (χ1v) is 9.49. The zero-order valence-corrected chi connectivity index (χ0v) is 15.6. The predicted octanol–water partition coefficient (Wildman–Crippen LogP) is 1.64.